The number of esters is 1. The second-order valence-electron chi connectivity index (χ2n) is 5.27. The van der Waals surface area contributed by atoms with Crippen LogP contribution < -0.4 is 0 Å². The van der Waals surface area contributed by atoms with Crippen LogP contribution in [0, 0.1) is 0 Å². The van der Waals surface area contributed by atoms with Crippen LogP contribution in [0.5, 0.6) is 0 Å². The number of methoxy groups -OCH3 is 1. The number of hydrogen-bond acceptors (Lipinski definition) is 4. The summed E-state index contributed by atoms with van der Waals surface area (Å²) in [6.07, 6.45) is -0.621. The molecule has 1 N–H and O–H groups in total. The Kier molecular flexibility index (Phi) is 4.12. The minimum absolute atomic E-state index is 0.205. The quantitative estimate of drug-likeness (QED) is 0.769. The minimum Gasteiger partial charge on any atom is -0.468 e. The van der Waals surface area contributed by atoms with Gasteiger partial charge in [0.05, 0.1) is 13.7 Å². The first-order valence-electron chi connectivity index (χ1n) is 6.53. The normalized spacial score (nSPS) is 27.6. The van der Waals surface area contributed by atoms with Gasteiger partial charge in [0, 0.05) is 25.6 Å². The Balaban J connectivity index is 2.03. The highest BCUT2D eigenvalue weighted by atomic mass is 19.3. The molecule has 2 rings (SSSR count). The number of ether oxygens (including phenoxy) is 1. The van der Waals surface area contributed by atoms with E-state index in [-0.39, 0.29) is 6.04 Å². The summed E-state index contributed by atoms with van der Waals surface area (Å²) in [4.78, 5) is 25.2. The molecule has 2 aliphatic rings. The van der Waals surface area contributed by atoms with Crippen LogP contribution in [0.4, 0.5) is 13.6 Å². The number of carbonyl (C=O) groups excluding carboxylic acids is 1. The highest BCUT2D eigenvalue weighted by Crippen LogP contribution is 2.36. The monoisotopic (exact) mass is 292 g/mol. The Hall–Kier alpha value is -1.44. The third-order valence-corrected chi connectivity index (χ3v) is 3.98. The van der Waals surface area contributed by atoms with E-state index < -0.39 is 37.0 Å². The van der Waals surface area contributed by atoms with Crippen LogP contribution in [0.1, 0.15) is 19.3 Å². The van der Waals surface area contributed by atoms with Crippen LogP contribution in [0.3, 0.4) is 0 Å². The molecule has 2 aliphatic heterocycles. The first-order chi connectivity index (χ1) is 9.34. The first-order valence-corrected chi connectivity index (χ1v) is 6.53. The van der Waals surface area contributed by atoms with E-state index in [1.807, 2.05) is 0 Å². The average Bonchev–Trinajstić information content (AvgIpc) is 2.74. The van der Waals surface area contributed by atoms with Gasteiger partial charge < -0.3 is 14.7 Å². The number of carboxylic acid groups (broad SMARTS) is 1. The molecule has 0 saturated carbocycles. The van der Waals surface area contributed by atoms with Crippen molar-refractivity contribution in [3.8, 4) is 0 Å². The molecule has 2 saturated heterocycles. The Labute approximate surface area is 115 Å². The number of piperidine rings is 1. The number of rotatable bonds is 2. The largest absolute Gasteiger partial charge is 0.468 e. The Bertz CT molecular complexity index is 397. The van der Waals surface area contributed by atoms with Gasteiger partial charge in [0.25, 0.3) is 5.92 Å². The van der Waals surface area contributed by atoms with Gasteiger partial charge in [-0.1, -0.05) is 0 Å². The van der Waals surface area contributed by atoms with Gasteiger partial charge >= 0.3 is 12.1 Å². The molecule has 0 aromatic heterocycles. The minimum atomic E-state index is -2.90. The summed E-state index contributed by atoms with van der Waals surface area (Å²) >= 11 is 0. The van der Waals surface area contributed by atoms with Crippen molar-refractivity contribution in [1.29, 1.82) is 0 Å². The fraction of sp³-hybridized carbons (Fsp3) is 0.833. The van der Waals surface area contributed by atoms with Gasteiger partial charge in [-0.2, -0.15) is 0 Å². The lowest BCUT2D eigenvalue weighted by atomic mass is 10.0. The fourth-order valence-electron chi connectivity index (χ4n) is 2.97. The van der Waals surface area contributed by atoms with Crippen molar-refractivity contribution in [2.75, 3.05) is 26.7 Å². The van der Waals surface area contributed by atoms with E-state index in [0.717, 1.165) is 0 Å². The summed E-state index contributed by atoms with van der Waals surface area (Å²) in [6, 6.07) is -1.14. The molecule has 0 radical (unpaired) electrons. The van der Waals surface area contributed by atoms with Gasteiger partial charge in [-0.15, -0.1) is 0 Å². The molecule has 0 unspecified atom stereocenters. The van der Waals surface area contributed by atoms with Crippen molar-refractivity contribution in [2.45, 2.75) is 37.3 Å². The van der Waals surface area contributed by atoms with E-state index in [2.05, 4.69) is 4.74 Å². The van der Waals surface area contributed by atoms with E-state index in [4.69, 9.17) is 5.11 Å². The summed E-state index contributed by atoms with van der Waals surface area (Å²) in [5.74, 6) is -3.55. The first kappa shape index (κ1) is 15.0. The third kappa shape index (κ3) is 3.00. The van der Waals surface area contributed by atoms with Crippen molar-refractivity contribution in [2.24, 2.45) is 0 Å². The van der Waals surface area contributed by atoms with Crippen LogP contribution in [0.2, 0.25) is 0 Å². The molecule has 2 heterocycles. The van der Waals surface area contributed by atoms with Crippen LogP contribution >= 0.6 is 0 Å². The molecule has 0 spiro atoms. The summed E-state index contributed by atoms with van der Waals surface area (Å²) < 4.78 is 31.7. The number of halogens is 2. The summed E-state index contributed by atoms with van der Waals surface area (Å²) in [5.41, 5.74) is 0. The Morgan fingerprint density at radius 2 is 1.90 bits per heavy atom. The standard InChI is InChI=1S/C12H18F2N2O4/c1-20-10(17)9-6-12(13,14)7-16(9)8-2-4-15(5-3-8)11(18)19/h8-9H,2-7H2,1H3,(H,18,19)/t9-/m1/s1. The summed E-state index contributed by atoms with van der Waals surface area (Å²) in [7, 11) is 1.18. The molecule has 1 atom stereocenters. The molecule has 2 fully saturated rings. The molecule has 0 aliphatic carbocycles. The number of nitrogens with zero attached hydrogens (tertiary/aromatic N) is 2. The zero-order chi connectivity index (χ0) is 14.9. The predicted octanol–water partition coefficient (Wildman–Crippen LogP) is 1.01. The topological polar surface area (TPSA) is 70.1 Å². The highest BCUT2D eigenvalue weighted by molar-refractivity contribution is 5.76. The lowest BCUT2D eigenvalue weighted by Crippen LogP contribution is -2.50. The van der Waals surface area contributed by atoms with Gasteiger partial charge in [0.2, 0.25) is 0 Å². The smallest absolute Gasteiger partial charge is 0.407 e. The van der Waals surface area contributed by atoms with Crippen LogP contribution in [0.15, 0.2) is 0 Å². The molecule has 0 aromatic carbocycles. The van der Waals surface area contributed by atoms with E-state index in [1.165, 1.54) is 16.9 Å². The maximum atomic E-state index is 13.5. The van der Waals surface area contributed by atoms with Gasteiger partial charge in [-0.05, 0) is 12.8 Å². The van der Waals surface area contributed by atoms with E-state index in [9.17, 15) is 18.4 Å². The van der Waals surface area contributed by atoms with E-state index >= 15 is 0 Å². The zero-order valence-electron chi connectivity index (χ0n) is 11.2. The van der Waals surface area contributed by atoms with Crippen LogP contribution in [0.25, 0.3) is 0 Å². The maximum Gasteiger partial charge on any atom is 0.407 e. The molecule has 8 heteroatoms. The van der Waals surface area contributed by atoms with Crippen molar-refractivity contribution in [3.63, 3.8) is 0 Å². The van der Waals surface area contributed by atoms with Gasteiger partial charge in [0.1, 0.15) is 6.04 Å². The average molecular weight is 292 g/mol. The molecule has 0 bridgehead atoms. The summed E-state index contributed by atoms with van der Waals surface area (Å²) in [6.45, 7) is 0.135. The number of likely N-dealkylation sites (tertiary alicyclic amines) is 2. The second kappa shape index (κ2) is 5.51. The Morgan fingerprint density at radius 1 is 1.30 bits per heavy atom. The van der Waals surface area contributed by atoms with Gasteiger partial charge in [-0.3, -0.25) is 9.69 Å². The molecule has 114 valence electrons. The number of hydrogen-bond donors (Lipinski definition) is 1. The SMILES string of the molecule is COC(=O)[C@H]1CC(F)(F)CN1C1CCN(C(=O)O)CC1. The van der Waals surface area contributed by atoms with Crippen LogP contribution in [-0.4, -0.2) is 71.7 Å². The van der Waals surface area contributed by atoms with E-state index in [1.54, 1.807) is 0 Å². The van der Waals surface area contributed by atoms with Gasteiger partial charge in [0.15, 0.2) is 0 Å². The molecular weight excluding hydrogens is 274 g/mol. The second-order valence-corrected chi connectivity index (χ2v) is 5.27. The zero-order valence-corrected chi connectivity index (χ0v) is 11.2. The van der Waals surface area contributed by atoms with Crippen molar-refractivity contribution < 1.29 is 28.2 Å². The highest BCUT2D eigenvalue weighted by Gasteiger charge is 2.51. The fourth-order valence-corrected chi connectivity index (χ4v) is 2.97. The Morgan fingerprint density at radius 3 is 2.40 bits per heavy atom. The molecular formula is C12H18F2N2O4. The van der Waals surface area contributed by atoms with Crippen molar-refractivity contribution >= 4 is 12.1 Å². The number of carbonyl (C=O) groups is 2. The lowest BCUT2D eigenvalue weighted by molar-refractivity contribution is -0.147. The molecule has 20 heavy (non-hydrogen) atoms. The number of amides is 1. The molecule has 0 aromatic rings. The predicted molar refractivity (Wildman–Crippen MR) is 64.7 cm³/mol. The van der Waals surface area contributed by atoms with Crippen molar-refractivity contribution in [1.82, 2.24) is 9.80 Å². The van der Waals surface area contributed by atoms with E-state index in [0.29, 0.717) is 25.9 Å². The molecule has 6 nitrogen and oxygen atoms in total. The molecule has 1 amide bonds. The lowest BCUT2D eigenvalue weighted by Gasteiger charge is -2.37. The number of alkyl halides is 2. The summed E-state index contributed by atoms with van der Waals surface area (Å²) in [5, 5.41) is 8.87. The third-order valence-electron chi connectivity index (χ3n) is 3.98. The van der Waals surface area contributed by atoms with Crippen molar-refractivity contribution in [3.05, 3.63) is 0 Å². The van der Waals surface area contributed by atoms with Crippen LogP contribution in [-0.2, 0) is 9.53 Å². The maximum absolute atomic E-state index is 13.5. The van der Waals surface area contributed by atoms with Gasteiger partial charge in [-0.25, -0.2) is 13.6 Å².